The van der Waals surface area contributed by atoms with Crippen molar-refractivity contribution in [1.82, 2.24) is 9.80 Å². The Morgan fingerprint density at radius 3 is 2.73 bits per heavy atom. The molecule has 5 nitrogen and oxygen atoms in total. The largest absolute Gasteiger partial charge is 0.396 e. The van der Waals surface area contributed by atoms with E-state index in [-0.39, 0.29) is 35.9 Å². The van der Waals surface area contributed by atoms with Gasteiger partial charge in [0.25, 0.3) is 0 Å². The minimum atomic E-state index is -0.219. The summed E-state index contributed by atoms with van der Waals surface area (Å²) < 4.78 is 0. The summed E-state index contributed by atoms with van der Waals surface area (Å²) in [6, 6.07) is 10.7. The van der Waals surface area contributed by atoms with Crippen LogP contribution in [0.4, 0.5) is 0 Å². The summed E-state index contributed by atoms with van der Waals surface area (Å²) in [4.78, 5) is 28.6. The Hall–Kier alpha value is -1.88. The summed E-state index contributed by atoms with van der Waals surface area (Å²) in [6.07, 6.45) is 5.66. The Balaban J connectivity index is 1.44. The molecular formula is C21H28N2O3. The number of hydrogen-bond acceptors (Lipinski definition) is 3. The molecule has 3 aliphatic rings. The van der Waals surface area contributed by atoms with Gasteiger partial charge in [-0.15, -0.1) is 0 Å². The molecule has 0 aromatic heterocycles. The van der Waals surface area contributed by atoms with Crippen LogP contribution in [0.2, 0.25) is 0 Å². The molecule has 2 amide bonds. The molecule has 1 N–H and O–H groups in total. The second kappa shape index (κ2) is 7.03. The minimum absolute atomic E-state index is 0.122. The molecule has 0 unspecified atom stereocenters. The number of fused-ring (bicyclic) bond motifs is 2. The highest BCUT2D eigenvalue weighted by Crippen LogP contribution is 2.51. The standard InChI is InChI=1S/C21H28N2O3/c24-15-21(13-16-5-2-1-3-6-16)14-17-8-9-18(21)23(17)20(26)10-12-22-11-4-7-19(22)25/h1-3,5-6,17-18,24H,4,7-15H2/t17-,18+,21-/m0/s1. The van der Waals surface area contributed by atoms with E-state index in [1.165, 1.54) is 5.56 Å². The molecule has 0 saturated carbocycles. The average Bonchev–Trinajstić information content (AvgIpc) is 3.34. The van der Waals surface area contributed by atoms with Crippen molar-refractivity contribution >= 4 is 11.8 Å². The summed E-state index contributed by atoms with van der Waals surface area (Å²) in [5.41, 5.74) is 1.01. The summed E-state index contributed by atoms with van der Waals surface area (Å²) in [7, 11) is 0. The van der Waals surface area contributed by atoms with Gasteiger partial charge in [-0.25, -0.2) is 0 Å². The van der Waals surface area contributed by atoms with Gasteiger partial charge in [0.05, 0.1) is 6.61 Å². The maximum absolute atomic E-state index is 12.9. The van der Waals surface area contributed by atoms with E-state index in [2.05, 4.69) is 17.0 Å². The Bertz CT molecular complexity index is 677. The molecule has 0 spiro atoms. The van der Waals surface area contributed by atoms with Crippen LogP contribution >= 0.6 is 0 Å². The van der Waals surface area contributed by atoms with Crippen LogP contribution in [-0.4, -0.2) is 58.5 Å². The van der Waals surface area contributed by atoms with Crippen LogP contribution < -0.4 is 0 Å². The maximum Gasteiger partial charge on any atom is 0.224 e. The monoisotopic (exact) mass is 356 g/mol. The van der Waals surface area contributed by atoms with Crippen molar-refractivity contribution in [2.24, 2.45) is 5.41 Å². The number of rotatable bonds is 6. The van der Waals surface area contributed by atoms with Crippen LogP contribution in [0.15, 0.2) is 30.3 Å². The van der Waals surface area contributed by atoms with Gasteiger partial charge in [-0.2, -0.15) is 0 Å². The number of aliphatic hydroxyl groups is 1. The Labute approximate surface area is 155 Å². The highest BCUT2D eigenvalue weighted by Gasteiger charge is 2.56. The third-order valence-electron chi connectivity index (χ3n) is 6.62. The molecule has 2 bridgehead atoms. The lowest BCUT2D eigenvalue weighted by atomic mass is 9.70. The highest BCUT2D eigenvalue weighted by atomic mass is 16.3. The number of benzene rings is 1. The minimum Gasteiger partial charge on any atom is -0.396 e. The molecule has 0 aliphatic carbocycles. The molecule has 3 aliphatic heterocycles. The third-order valence-corrected chi connectivity index (χ3v) is 6.62. The third kappa shape index (κ3) is 3.02. The predicted molar refractivity (Wildman–Crippen MR) is 98.4 cm³/mol. The normalized spacial score (nSPS) is 30.4. The fourth-order valence-corrected chi connectivity index (χ4v) is 5.39. The molecule has 1 aromatic rings. The Morgan fingerprint density at radius 1 is 1.23 bits per heavy atom. The van der Waals surface area contributed by atoms with E-state index in [4.69, 9.17) is 0 Å². The molecule has 140 valence electrons. The molecule has 3 fully saturated rings. The van der Waals surface area contributed by atoms with Gasteiger partial charge in [0, 0.05) is 43.4 Å². The number of likely N-dealkylation sites (tertiary alicyclic amines) is 1. The zero-order chi connectivity index (χ0) is 18.1. The maximum atomic E-state index is 12.9. The van der Waals surface area contributed by atoms with E-state index in [1.807, 2.05) is 23.1 Å². The van der Waals surface area contributed by atoms with Gasteiger partial charge in [0.2, 0.25) is 11.8 Å². The lowest BCUT2D eigenvalue weighted by Gasteiger charge is -2.36. The zero-order valence-electron chi connectivity index (χ0n) is 15.3. The molecule has 1 aromatic carbocycles. The summed E-state index contributed by atoms with van der Waals surface area (Å²) in [5, 5.41) is 10.2. The van der Waals surface area contributed by atoms with E-state index < -0.39 is 0 Å². The van der Waals surface area contributed by atoms with Crippen molar-refractivity contribution in [3.05, 3.63) is 35.9 Å². The van der Waals surface area contributed by atoms with Crippen molar-refractivity contribution < 1.29 is 14.7 Å². The van der Waals surface area contributed by atoms with E-state index in [0.29, 0.717) is 19.4 Å². The van der Waals surface area contributed by atoms with E-state index >= 15 is 0 Å². The first-order valence-corrected chi connectivity index (χ1v) is 9.87. The van der Waals surface area contributed by atoms with Gasteiger partial charge in [0.15, 0.2) is 0 Å². The predicted octanol–water partition coefficient (Wildman–Crippen LogP) is 1.98. The summed E-state index contributed by atoms with van der Waals surface area (Å²) >= 11 is 0. The molecule has 3 heterocycles. The van der Waals surface area contributed by atoms with Gasteiger partial charge in [-0.3, -0.25) is 9.59 Å². The number of carbonyl (C=O) groups excluding carboxylic acids is 2. The van der Waals surface area contributed by atoms with Crippen LogP contribution in [-0.2, 0) is 16.0 Å². The van der Waals surface area contributed by atoms with Gasteiger partial charge in [-0.05, 0) is 37.7 Å². The highest BCUT2D eigenvalue weighted by molar-refractivity contribution is 5.81. The van der Waals surface area contributed by atoms with Gasteiger partial charge < -0.3 is 14.9 Å². The second-order valence-corrected chi connectivity index (χ2v) is 8.17. The lowest BCUT2D eigenvalue weighted by Crippen LogP contribution is -2.44. The lowest BCUT2D eigenvalue weighted by molar-refractivity contribution is -0.134. The number of hydrogen-bond donors (Lipinski definition) is 1. The number of nitrogens with zero attached hydrogens (tertiary/aromatic N) is 2. The second-order valence-electron chi connectivity index (χ2n) is 8.17. The first kappa shape index (κ1) is 17.5. The number of carbonyl (C=O) groups is 2. The van der Waals surface area contributed by atoms with Gasteiger partial charge >= 0.3 is 0 Å². The fourth-order valence-electron chi connectivity index (χ4n) is 5.39. The summed E-state index contributed by atoms with van der Waals surface area (Å²) in [6.45, 7) is 1.45. The number of aliphatic hydroxyl groups excluding tert-OH is 1. The summed E-state index contributed by atoms with van der Waals surface area (Å²) in [5.74, 6) is 0.330. The molecule has 3 saturated heterocycles. The van der Waals surface area contributed by atoms with Gasteiger partial charge in [0.1, 0.15) is 0 Å². The topological polar surface area (TPSA) is 60.9 Å². The van der Waals surface area contributed by atoms with Gasteiger partial charge in [-0.1, -0.05) is 30.3 Å². The van der Waals surface area contributed by atoms with Crippen molar-refractivity contribution in [2.45, 2.75) is 57.0 Å². The molecule has 5 heteroatoms. The van der Waals surface area contributed by atoms with E-state index in [9.17, 15) is 14.7 Å². The SMILES string of the molecule is O=C1CCCN1CCC(=O)N1[C@H]2CC[C@@H]1[C@@](CO)(Cc1ccccc1)C2. The van der Waals surface area contributed by atoms with Crippen LogP contribution in [0.1, 0.15) is 44.1 Å². The van der Waals surface area contributed by atoms with Crippen molar-refractivity contribution in [2.75, 3.05) is 19.7 Å². The average molecular weight is 356 g/mol. The smallest absolute Gasteiger partial charge is 0.224 e. The first-order valence-electron chi connectivity index (χ1n) is 9.87. The molecular weight excluding hydrogens is 328 g/mol. The van der Waals surface area contributed by atoms with Crippen molar-refractivity contribution in [3.63, 3.8) is 0 Å². The van der Waals surface area contributed by atoms with Crippen LogP contribution in [0.5, 0.6) is 0 Å². The first-order chi connectivity index (χ1) is 12.6. The van der Waals surface area contributed by atoms with Crippen molar-refractivity contribution in [1.29, 1.82) is 0 Å². The molecule has 26 heavy (non-hydrogen) atoms. The molecule has 0 radical (unpaired) electrons. The molecule has 4 rings (SSSR count). The van der Waals surface area contributed by atoms with E-state index in [0.717, 1.165) is 38.6 Å². The fraction of sp³-hybridized carbons (Fsp3) is 0.619. The Kier molecular flexibility index (Phi) is 4.74. The van der Waals surface area contributed by atoms with E-state index in [1.54, 1.807) is 0 Å². The quantitative estimate of drug-likeness (QED) is 0.848. The van der Waals surface area contributed by atoms with Crippen LogP contribution in [0, 0.1) is 5.41 Å². The zero-order valence-corrected chi connectivity index (χ0v) is 15.3. The molecule has 3 atom stereocenters. The Morgan fingerprint density at radius 2 is 2.04 bits per heavy atom. The van der Waals surface area contributed by atoms with Crippen LogP contribution in [0.3, 0.4) is 0 Å². The van der Waals surface area contributed by atoms with Crippen LogP contribution in [0.25, 0.3) is 0 Å². The number of amides is 2. The van der Waals surface area contributed by atoms with Crippen molar-refractivity contribution in [3.8, 4) is 0 Å².